The van der Waals surface area contributed by atoms with Crippen LogP contribution in [0.15, 0.2) is 40.9 Å². The number of anilines is 2. The highest BCUT2D eigenvalue weighted by Crippen LogP contribution is 2.31. The molecule has 0 saturated carbocycles. The van der Waals surface area contributed by atoms with Crippen LogP contribution in [0.25, 0.3) is 11.4 Å². The first-order valence-corrected chi connectivity index (χ1v) is 9.48. The fourth-order valence-corrected chi connectivity index (χ4v) is 3.34. The van der Waals surface area contributed by atoms with Gasteiger partial charge < -0.3 is 24.2 Å². The van der Waals surface area contributed by atoms with Crippen LogP contribution in [-0.2, 0) is 11.3 Å². The molecule has 1 fully saturated rings. The molecule has 1 aromatic heterocycles. The van der Waals surface area contributed by atoms with Crippen molar-refractivity contribution in [3.63, 3.8) is 0 Å². The number of nitrogens with zero attached hydrogens (tertiary/aromatic N) is 3. The molecule has 1 amide bonds. The minimum absolute atomic E-state index is 0.0526. The smallest absolute Gasteiger partial charge is 0.246 e. The van der Waals surface area contributed by atoms with Crippen molar-refractivity contribution in [2.45, 2.75) is 19.4 Å². The molecule has 0 atom stereocenters. The summed E-state index contributed by atoms with van der Waals surface area (Å²) in [5.41, 5.74) is 1.57. The Morgan fingerprint density at radius 2 is 2.00 bits per heavy atom. The Morgan fingerprint density at radius 1 is 1.17 bits per heavy atom. The van der Waals surface area contributed by atoms with Crippen LogP contribution in [0.2, 0.25) is 0 Å². The number of halogens is 1. The van der Waals surface area contributed by atoms with Crippen molar-refractivity contribution in [2.75, 3.05) is 31.0 Å². The van der Waals surface area contributed by atoms with Crippen molar-refractivity contribution in [3.8, 4) is 22.9 Å². The largest absolute Gasteiger partial charge is 0.493 e. The van der Waals surface area contributed by atoms with Crippen LogP contribution in [0.3, 0.4) is 0 Å². The van der Waals surface area contributed by atoms with Crippen molar-refractivity contribution in [2.24, 2.45) is 0 Å². The summed E-state index contributed by atoms with van der Waals surface area (Å²) in [5.74, 6) is 1.41. The first-order valence-electron chi connectivity index (χ1n) is 9.48. The molecule has 1 aliphatic heterocycles. The summed E-state index contributed by atoms with van der Waals surface area (Å²) in [6.07, 6.45) is 1.21. The maximum absolute atomic E-state index is 14.5. The van der Waals surface area contributed by atoms with Crippen molar-refractivity contribution < 1.29 is 23.2 Å². The molecule has 1 N–H and O–H groups in total. The average Bonchev–Trinajstić information content (AvgIpc) is 3.41. The number of carbonyl (C=O) groups excluding carboxylic acids is 1. The Kier molecular flexibility index (Phi) is 5.51. The second-order valence-electron chi connectivity index (χ2n) is 6.75. The Bertz CT molecular complexity index is 1070. The van der Waals surface area contributed by atoms with Crippen LogP contribution in [0.5, 0.6) is 11.5 Å². The molecule has 4 rings (SSSR count). The molecule has 156 valence electrons. The standard InChI is InChI=1S/C21H21FN4O4/c1-28-17-8-5-13(10-18(17)29-2)21-24-19(30-25-21)12-23-14-6-7-16(15(22)11-14)26-9-3-4-20(26)27/h5-8,10-11,23H,3-4,9,12H2,1-2H3. The van der Waals surface area contributed by atoms with Crippen LogP contribution in [-0.4, -0.2) is 36.8 Å². The van der Waals surface area contributed by atoms with Gasteiger partial charge in [-0.25, -0.2) is 4.39 Å². The van der Waals surface area contributed by atoms with Gasteiger partial charge in [0.05, 0.1) is 26.5 Å². The van der Waals surface area contributed by atoms with E-state index in [-0.39, 0.29) is 12.5 Å². The van der Waals surface area contributed by atoms with E-state index in [4.69, 9.17) is 14.0 Å². The lowest BCUT2D eigenvalue weighted by Gasteiger charge is -2.17. The Hall–Kier alpha value is -3.62. The topological polar surface area (TPSA) is 89.7 Å². The van der Waals surface area contributed by atoms with Gasteiger partial charge in [0.2, 0.25) is 17.6 Å². The van der Waals surface area contributed by atoms with Crippen molar-refractivity contribution in [3.05, 3.63) is 48.1 Å². The van der Waals surface area contributed by atoms with E-state index in [1.165, 1.54) is 11.0 Å². The van der Waals surface area contributed by atoms with Gasteiger partial charge in [-0.15, -0.1) is 0 Å². The van der Waals surface area contributed by atoms with Gasteiger partial charge in [-0.3, -0.25) is 4.79 Å². The second-order valence-corrected chi connectivity index (χ2v) is 6.75. The maximum atomic E-state index is 14.5. The van der Waals surface area contributed by atoms with E-state index in [0.717, 1.165) is 6.42 Å². The molecule has 0 aliphatic carbocycles. The summed E-state index contributed by atoms with van der Waals surface area (Å²) in [6, 6.07) is 10.00. The van der Waals surface area contributed by atoms with Gasteiger partial charge in [-0.05, 0) is 42.8 Å². The molecule has 9 heteroatoms. The molecule has 0 spiro atoms. The summed E-state index contributed by atoms with van der Waals surface area (Å²) in [7, 11) is 3.12. The maximum Gasteiger partial charge on any atom is 0.246 e. The zero-order valence-electron chi connectivity index (χ0n) is 16.6. The number of rotatable bonds is 7. The van der Waals surface area contributed by atoms with E-state index in [0.29, 0.717) is 53.1 Å². The van der Waals surface area contributed by atoms with Crippen LogP contribution < -0.4 is 19.7 Å². The molecule has 0 bridgehead atoms. The Balaban J connectivity index is 1.43. The third-order valence-electron chi connectivity index (χ3n) is 4.87. The molecular formula is C21H21FN4O4. The summed E-state index contributed by atoms with van der Waals surface area (Å²) >= 11 is 0. The van der Waals surface area contributed by atoms with E-state index in [2.05, 4.69) is 15.5 Å². The van der Waals surface area contributed by atoms with Gasteiger partial charge in [0.1, 0.15) is 5.82 Å². The number of methoxy groups -OCH3 is 2. The van der Waals surface area contributed by atoms with Crippen LogP contribution in [0.4, 0.5) is 15.8 Å². The zero-order chi connectivity index (χ0) is 21.1. The van der Waals surface area contributed by atoms with Crippen molar-refractivity contribution >= 4 is 17.3 Å². The van der Waals surface area contributed by atoms with Gasteiger partial charge in [-0.1, -0.05) is 5.16 Å². The summed E-state index contributed by atoms with van der Waals surface area (Å²) in [6.45, 7) is 0.769. The highest BCUT2D eigenvalue weighted by molar-refractivity contribution is 5.95. The number of carbonyl (C=O) groups is 1. The highest BCUT2D eigenvalue weighted by Gasteiger charge is 2.24. The molecule has 0 radical (unpaired) electrons. The summed E-state index contributed by atoms with van der Waals surface area (Å²) in [4.78, 5) is 17.7. The number of ether oxygens (including phenoxy) is 2. The van der Waals surface area contributed by atoms with Crippen LogP contribution >= 0.6 is 0 Å². The molecular weight excluding hydrogens is 391 g/mol. The van der Waals surface area contributed by atoms with Crippen LogP contribution in [0.1, 0.15) is 18.7 Å². The molecule has 0 unspecified atom stereocenters. The van der Waals surface area contributed by atoms with Gasteiger partial charge in [0.25, 0.3) is 0 Å². The predicted octanol–water partition coefficient (Wildman–Crippen LogP) is 3.63. The normalized spacial score (nSPS) is 13.6. The number of hydrogen-bond donors (Lipinski definition) is 1. The number of benzene rings is 2. The average molecular weight is 412 g/mol. The molecule has 3 aromatic rings. The first kappa shape index (κ1) is 19.7. The number of aromatic nitrogens is 2. The lowest BCUT2D eigenvalue weighted by atomic mass is 10.2. The van der Waals surface area contributed by atoms with E-state index in [9.17, 15) is 9.18 Å². The van der Waals surface area contributed by atoms with Crippen LogP contribution in [0, 0.1) is 5.82 Å². The predicted molar refractivity (Wildman–Crippen MR) is 108 cm³/mol. The fraction of sp³-hybridized carbons (Fsp3) is 0.286. The van der Waals surface area contributed by atoms with Gasteiger partial charge in [-0.2, -0.15) is 4.98 Å². The van der Waals surface area contributed by atoms with E-state index >= 15 is 0 Å². The highest BCUT2D eigenvalue weighted by atomic mass is 19.1. The second kappa shape index (κ2) is 8.40. The molecule has 1 aliphatic rings. The molecule has 1 saturated heterocycles. The van der Waals surface area contributed by atoms with Gasteiger partial charge in [0, 0.05) is 24.2 Å². The zero-order valence-corrected chi connectivity index (χ0v) is 16.6. The Labute approximate surface area is 172 Å². The quantitative estimate of drug-likeness (QED) is 0.634. The van der Waals surface area contributed by atoms with E-state index in [1.807, 2.05) is 0 Å². The Morgan fingerprint density at radius 3 is 2.70 bits per heavy atom. The third-order valence-corrected chi connectivity index (χ3v) is 4.87. The van der Waals surface area contributed by atoms with Gasteiger partial charge >= 0.3 is 0 Å². The van der Waals surface area contributed by atoms with E-state index < -0.39 is 5.82 Å². The minimum atomic E-state index is -0.452. The lowest BCUT2D eigenvalue weighted by molar-refractivity contribution is -0.117. The monoisotopic (exact) mass is 412 g/mol. The fourth-order valence-electron chi connectivity index (χ4n) is 3.34. The number of nitrogens with one attached hydrogen (secondary N) is 1. The van der Waals surface area contributed by atoms with Crippen molar-refractivity contribution in [1.82, 2.24) is 10.1 Å². The molecule has 8 nitrogen and oxygen atoms in total. The lowest BCUT2D eigenvalue weighted by Crippen LogP contribution is -2.24. The summed E-state index contributed by atoms with van der Waals surface area (Å²) in [5, 5.41) is 7.03. The first-order chi connectivity index (χ1) is 14.6. The third kappa shape index (κ3) is 3.91. The minimum Gasteiger partial charge on any atom is -0.493 e. The SMILES string of the molecule is COc1ccc(-c2noc(CNc3ccc(N4CCCC4=O)c(F)c3)n2)cc1OC. The summed E-state index contributed by atoms with van der Waals surface area (Å²) < 4.78 is 30.2. The number of amides is 1. The number of hydrogen-bond acceptors (Lipinski definition) is 7. The van der Waals surface area contributed by atoms with Gasteiger partial charge in [0.15, 0.2) is 11.5 Å². The van der Waals surface area contributed by atoms with E-state index in [1.54, 1.807) is 44.6 Å². The molecule has 2 aromatic carbocycles. The molecule has 30 heavy (non-hydrogen) atoms. The molecule has 2 heterocycles. The van der Waals surface area contributed by atoms with Crippen molar-refractivity contribution in [1.29, 1.82) is 0 Å².